The van der Waals surface area contributed by atoms with Crippen LogP contribution in [0.25, 0.3) is 0 Å². The highest BCUT2D eigenvalue weighted by atomic mass is 35.5. The van der Waals surface area contributed by atoms with Crippen LogP contribution in [0.15, 0.2) is 0 Å². The van der Waals surface area contributed by atoms with Crippen molar-refractivity contribution < 1.29 is 4.79 Å². The third-order valence-electron chi connectivity index (χ3n) is 3.06. The van der Waals surface area contributed by atoms with Gasteiger partial charge < -0.3 is 11.1 Å². The summed E-state index contributed by atoms with van der Waals surface area (Å²) in [6.07, 6.45) is 4.00. The van der Waals surface area contributed by atoms with Crippen molar-refractivity contribution in [1.29, 1.82) is 0 Å². The number of amides is 1. The van der Waals surface area contributed by atoms with Crippen molar-refractivity contribution in [2.75, 3.05) is 5.88 Å². The predicted molar refractivity (Wildman–Crippen MR) is 62.9 cm³/mol. The van der Waals surface area contributed by atoms with E-state index in [2.05, 4.69) is 5.32 Å². The summed E-state index contributed by atoms with van der Waals surface area (Å²) in [5, 5.41) is 3.05. The molecule has 0 saturated heterocycles. The van der Waals surface area contributed by atoms with Crippen LogP contribution in [0.1, 0.15) is 39.5 Å². The topological polar surface area (TPSA) is 55.1 Å². The molecule has 0 aromatic carbocycles. The highest BCUT2D eigenvalue weighted by Crippen LogP contribution is 2.21. The molecule has 1 rings (SSSR count). The molecule has 1 amide bonds. The first-order valence-corrected chi connectivity index (χ1v) is 6.11. The Morgan fingerprint density at radius 2 is 1.93 bits per heavy atom. The molecule has 3 N–H and O–H groups in total. The Morgan fingerprint density at radius 3 is 2.40 bits per heavy atom. The number of nitrogens with one attached hydrogen (secondary N) is 1. The molecule has 1 aliphatic carbocycles. The van der Waals surface area contributed by atoms with Crippen molar-refractivity contribution in [3.05, 3.63) is 0 Å². The molecule has 0 aromatic rings. The van der Waals surface area contributed by atoms with Gasteiger partial charge in [-0.25, -0.2) is 0 Å². The highest BCUT2D eigenvalue weighted by Gasteiger charge is 2.29. The molecule has 0 heterocycles. The summed E-state index contributed by atoms with van der Waals surface area (Å²) in [6.45, 7) is 3.73. The van der Waals surface area contributed by atoms with Gasteiger partial charge in [0.05, 0.1) is 5.41 Å². The standard InChI is InChI=1S/C11H21ClN2O/c1-11(2,7-12)10(15)14-9-5-3-8(13)4-6-9/h8-9H,3-7,13H2,1-2H3,(H,14,15). The van der Waals surface area contributed by atoms with Crippen molar-refractivity contribution in [2.45, 2.75) is 51.6 Å². The van der Waals surface area contributed by atoms with E-state index < -0.39 is 5.41 Å². The minimum Gasteiger partial charge on any atom is -0.353 e. The summed E-state index contributed by atoms with van der Waals surface area (Å²) in [4.78, 5) is 11.8. The Hall–Kier alpha value is -0.280. The Kier molecular flexibility index (Phi) is 4.41. The van der Waals surface area contributed by atoms with Gasteiger partial charge in [0.15, 0.2) is 0 Å². The third-order valence-corrected chi connectivity index (χ3v) is 3.72. The molecule has 0 aromatic heterocycles. The molecule has 0 spiro atoms. The van der Waals surface area contributed by atoms with Crippen LogP contribution in [-0.4, -0.2) is 23.9 Å². The molecule has 0 unspecified atom stereocenters. The molecule has 4 heteroatoms. The van der Waals surface area contributed by atoms with Crippen LogP contribution in [0.4, 0.5) is 0 Å². The number of hydrogen-bond acceptors (Lipinski definition) is 2. The van der Waals surface area contributed by atoms with Crippen molar-refractivity contribution in [3.63, 3.8) is 0 Å². The first-order chi connectivity index (χ1) is 6.95. The summed E-state index contributed by atoms with van der Waals surface area (Å²) in [5.74, 6) is 0.406. The van der Waals surface area contributed by atoms with Gasteiger partial charge in [-0.3, -0.25) is 4.79 Å². The van der Waals surface area contributed by atoms with Gasteiger partial charge in [-0.15, -0.1) is 11.6 Å². The van der Waals surface area contributed by atoms with E-state index in [1.807, 2.05) is 13.8 Å². The summed E-state index contributed by atoms with van der Waals surface area (Å²) in [5.41, 5.74) is 5.33. The molecule has 0 radical (unpaired) electrons. The lowest BCUT2D eigenvalue weighted by Gasteiger charge is -2.30. The van der Waals surface area contributed by atoms with Gasteiger partial charge in [0, 0.05) is 18.0 Å². The summed E-state index contributed by atoms with van der Waals surface area (Å²) >= 11 is 5.75. The molecule has 1 fully saturated rings. The van der Waals surface area contributed by atoms with E-state index in [-0.39, 0.29) is 5.91 Å². The van der Waals surface area contributed by atoms with Gasteiger partial charge in [0.25, 0.3) is 0 Å². The molecule has 0 bridgehead atoms. The minimum atomic E-state index is -0.471. The fourth-order valence-corrected chi connectivity index (χ4v) is 1.83. The smallest absolute Gasteiger partial charge is 0.227 e. The predicted octanol–water partition coefficient (Wildman–Crippen LogP) is 1.64. The van der Waals surface area contributed by atoms with Crippen LogP contribution in [0, 0.1) is 5.41 Å². The van der Waals surface area contributed by atoms with E-state index in [9.17, 15) is 4.79 Å². The van der Waals surface area contributed by atoms with Crippen LogP contribution >= 0.6 is 11.6 Å². The number of rotatable bonds is 3. The van der Waals surface area contributed by atoms with Crippen LogP contribution in [0.5, 0.6) is 0 Å². The van der Waals surface area contributed by atoms with Crippen LogP contribution in [0.2, 0.25) is 0 Å². The van der Waals surface area contributed by atoms with Gasteiger partial charge in [-0.1, -0.05) is 0 Å². The maximum Gasteiger partial charge on any atom is 0.227 e. The molecule has 0 atom stereocenters. The second-order valence-corrected chi connectivity index (χ2v) is 5.37. The second kappa shape index (κ2) is 5.17. The number of alkyl halides is 1. The number of halogens is 1. The van der Waals surface area contributed by atoms with Crippen molar-refractivity contribution in [2.24, 2.45) is 11.1 Å². The molecule has 1 saturated carbocycles. The molecule has 88 valence electrons. The average Bonchev–Trinajstić information content (AvgIpc) is 2.21. The second-order valence-electron chi connectivity index (χ2n) is 5.10. The van der Waals surface area contributed by atoms with Crippen molar-refractivity contribution in [3.8, 4) is 0 Å². The molecular weight excluding hydrogens is 212 g/mol. The average molecular weight is 233 g/mol. The van der Waals surface area contributed by atoms with Gasteiger partial charge in [-0.05, 0) is 39.5 Å². The first-order valence-electron chi connectivity index (χ1n) is 5.58. The lowest BCUT2D eigenvalue weighted by molar-refractivity contribution is -0.129. The molecule has 0 aliphatic heterocycles. The molecular formula is C11H21ClN2O. The van der Waals surface area contributed by atoms with Gasteiger partial charge in [-0.2, -0.15) is 0 Å². The minimum absolute atomic E-state index is 0.0537. The van der Waals surface area contributed by atoms with E-state index in [4.69, 9.17) is 17.3 Å². The fraction of sp³-hybridized carbons (Fsp3) is 0.909. The zero-order valence-corrected chi connectivity index (χ0v) is 10.3. The maximum atomic E-state index is 11.8. The van der Waals surface area contributed by atoms with Gasteiger partial charge >= 0.3 is 0 Å². The number of hydrogen-bond donors (Lipinski definition) is 2. The molecule has 1 aliphatic rings. The number of carbonyl (C=O) groups excluding carboxylic acids is 1. The molecule has 15 heavy (non-hydrogen) atoms. The van der Waals surface area contributed by atoms with E-state index in [0.717, 1.165) is 25.7 Å². The number of carbonyl (C=O) groups is 1. The normalized spacial score (nSPS) is 27.5. The summed E-state index contributed by atoms with van der Waals surface area (Å²) in [7, 11) is 0. The van der Waals surface area contributed by atoms with E-state index >= 15 is 0 Å². The lowest BCUT2D eigenvalue weighted by Crippen LogP contribution is -2.46. The Labute approximate surface area is 96.7 Å². The third kappa shape index (κ3) is 3.65. The van der Waals surface area contributed by atoms with E-state index in [1.165, 1.54) is 0 Å². The highest BCUT2D eigenvalue weighted by molar-refractivity contribution is 6.19. The largest absolute Gasteiger partial charge is 0.353 e. The van der Waals surface area contributed by atoms with Gasteiger partial charge in [0.1, 0.15) is 0 Å². The van der Waals surface area contributed by atoms with Crippen LogP contribution in [-0.2, 0) is 4.79 Å². The van der Waals surface area contributed by atoms with Gasteiger partial charge in [0.2, 0.25) is 5.91 Å². The van der Waals surface area contributed by atoms with Crippen molar-refractivity contribution in [1.82, 2.24) is 5.32 Å². The van der Waals surface area contributed by atoms with Crippen LogP contribution in [0.3, 0.4) is 0 Å². The molecule has 3 nitrogen and oxygen atoms in total. The Balaban J connectivity index is 2.39. The summed E-state index contributed by atoms with van der Waals surface area (Å²) < 4.78 is 0. The summed E-state index contributed by atoms with van der Waals surface area (Å²) in [6, 6.07) is 0.610. The number of nitrogens with two attached hydrogens (primary N) is 1. The van der Waals surface area contributed by atoms with Crippen molar-refractivity contribution >= 4 is 17.5 Å². The zero-order valence-electron chi connectivity index (χ0n) is 9.55. The van der Waals surface area contributed by atoms with E-state index in [1.54, 1.807) is 0 Å². The Bertz CT molecular complexity index is 223. The fourth-order valence-electron chi connectivity index (χ4n) is 1.70. The maximum absolute atomic E-state index is 11.8. The Morgan fingerprint density at radius 1 is 1.40 bits per heavy atom. The van der Waals surface area contributed by atoms with E-state index in [0.29, 0.717) is 18.0 Å². The zero-order chi connectivity index (χ0) is 11.5. The van der Waals surface area contributed by atoms with Crippen LogP contribution < -0.4 is 11.1 Å². The first kappa shape index (κ1) is 12.8. The quantitative estimate of drug-likeness (QED) is 0.727. The SMILES string of the molecule is CC(C)(CCl)C(=O)NC1CCC(N)CC1. The lowest BCUT2D eigenvalue weighted by atomic mass is 9.89. The monoisotopic (exact) mass is 232 g/mol.